The van der Waals surface area contributed by atoms with Gasteiger partial charge in [-0.05, 0) is 61.4 Å². The fourth-order valence-corrected chi connectivity index (χ4v) is 3.68. The molecule has 0 saturated heterocycles. The summed E-state index contributed by atoms with van der Waals surface area (Å²) in [6, 6.07) is 19.6. The Balaban J connectivity index is 1.75. The van der Waals surface area contributed by atoms with Gasteiger partial charge in [0, 0.05) is 12.1 Å². The number of carbonyl (C=O) groups excluding carboxylic acids is 2. The van der Waals surface area contributed by atoms with E-state index >= 15 is 0 Å². The largest absolute Gasteiger partial charge is 0.462 e. The zero-order chi connectivity index (χ0) is 28.7. The SMILES string of the molecule is CCCCCOC(=O)c1ccc(Oc2cc(C#N)c(C#N)cc2Oc2ccc(C(=O)OCCCCC)cc2)cc1. The predicted molar refractivity (Wildman–Crippen MR) is 149 cm³/mol. The molecule has 3 aromatic carbocycles. The third-order valence-electron chi connectivity index (χ3n) is 5.92. The normalized spacial score (nSPS) is 10.2. The smallest absolute Gasteiger partial charge is 0.338 e. The Kier molecular flexibility index (Phi) is 11.6. The number of unbranched alkanes of at least 4 members (excludes halogenated alkanes) is 4. The van der Waals surface area contributed by atoms with Crippen LogP contribution in [-0.4, -0.2) is 25.2 Å². The minimum atomic E-state index is -0.412. The fourth-order valence-electron chi connectivity index (χ4n) is 3.68. The molecule has 0 saturated carbocycles. The van der Waals surface area contributed by atoms with Gasteiger partial charge in [0.25, 0.3) is 0 Å². The van der Waals surface area contributed by atoms with Crippen molar-refractivity contribution in [3.8, 4) is 35.1 Å². The number of hydrogen-bond acceptors (Lipinski definition) is 8. The zero-order valence-corrected chi connectivity index (χ0v) is 22.8. The Morgan fingerprint density at radius 2 is 1.00 bits per heavy atom. The van der Waals surface area contributed by atoms with Gasteiger partial charge in [-0.25, -0.2) is 9.59 Å². The van der Waals surface area contributed by atoms with Gasteiger partial charge in [0.05, 0.1) is 35.5 Å². The number of rotatable bonds is 14. The van der Waals surface area contributed by atoms with E-state index in [1.54, 1.807) is 48.5 Å². The Bertz CT molecular complexity index is 1260. The van der Waals surface area contributed by atoms with Crippen LogP contribution in [0.15, 0.2) is 60.7 Å². The molecule has 40 heavy (non-hydrogen) atoms. The molecule has 206 valence electrons. The molecule has 0 heterocycles. The fraction of sp³-hybridized carbons (Fsp3) is 0.312. The number of esters is 2. The Morgan fingerprint density at radius 3 is 1.32 bits per heavy atom. The summed E-state index contributed by atoms with van der Waals surface area (Å²) in [4.78, 5) is 24.5. The van der Waals surface area contributed by atoms with Gasteiger partial charge in [-0.15, -0.1) is 0 Å². The van der Waals surface area contributed by atoms with Gasteiger partial charge < -0.3 is 18.9 Å². The zero-order valence-electron chi connectivity index (χ0n) is 22.8. The third kappa shape index (κ3) is 8.61. The van der Waals surface area contributed by atoms with E-state index in [9.17, 15) is 20.1 Å². The highest BCUT2D eigenvalue weighted by molar-refractivity contribution is 5.90. The van der Waals surface area contributed by atoms with Crippen molar-refractivity contribution in [2.45, 2.75) is 52.4 Å². The van der Waals surface area contributed by atoms with Crippen molar-refractivity contribution >= 4 is 11.9 Å². The van der Waals surface area contributed by atoms with Crippen molar-refractivity contribution in [3.63, 3.8) is 0 Å². The molecule has 0 radical (unpaired) electrons. The van der Waals surface area contributed by atoms with E-state index in [1.807, 2.05) is 12.1 Å². The van der Waals surface area contributed by atoms with Gasteiger partial charge in [0.2, 0.25) is 0 Å². The summed E-state index contributed by atoms with van der Waals surface area (Å²) in [6.07, 6.45) is 5.70. The van der Waals surface area contributed by atoms with Crippen LogP contribution in [0.25, 0.3) is 0 Å². The molecule has 8 heteroatoms. The molecular formula is C32H32N2O6. The van der Waals surface area contributed by atoms with Crippen LogP contribution in [0.4, 0.5) is 0 Å². The van der Waals surface area contributed by atoms with Crippen LogP contribution in [0, 0.1) is 22.7 Å². The summed E-state index contributed by atoms with van der Waals surface area (Å²) in [5.74, 6) is 0.356. The van der Waals surface area contributed by atoms with E-state index in [1.165, 1.54) is 12.1 Å². The second kappa shape index (κ2) is 15.6. The van der Waals surface area contributed by atoms with E-state index in [2.05, 4.69) is 13.8 Å². The first-order valence-electron chi connectivity index (χ1n) is 13.4. The van der Waals surface area contributed by atoms with Crippen molar-refractivity contribution in [1.82, 2.24) is 0 Å². The molecule has 0 N–H and O–H groups in total. The summed E-state index contributed by atoms with van der Waals surface area (Å²) < 4.78 is 22.5. The summed E-state index contributed by atoms with van der Waals surface area (Å²) in [5.41, 5.74) is 1.03. The Hall–Kier alpha value is -4.82. The monoisotopic (exact) mass is 540 g/mol. The second-order valence-electron chi connectivity index (χ2n) is 9.01. The van der Waals surface area contributed by atoms with Gasteiger partial charge in [0.1, 0.15) is 23.6 Å². The highest BCUT2D eigenvalue weighted by Crippen LogP contribution is 2.37. The summed E-state index contributed by atoms with van der Waals surface area (Å²) in [7, 11) is 0. The molecule has 0 aromatic heterocycles. The minimum absolute atomic E-state index is 0.123. The highest BCUT2D eigenvalue weighted by atomic mass is 16.5. The molecule has 0 aliphatic carbocycles. The van der Waals surface area contributed by atoms with Crippen LogP contribution < -0.4 is 9.47 Å². The molecule has 8 nitrogen and oxygen atoms in total. The second-order valence-corrected chi connectivity index (χ2v) is 9.01. The molecule has 0 fully saturated rings. The van der Waals surface area contributed by atoms with E-state index in [4.69, 9.17) is 18.9 Å². The van der Waals surface area contributed by atoms with E-state index in [0.717, 1.165) is 38.5 Å². The molecule has 3 rings (SSSR count). The number of nitriles is 2. The van der Waals surface area contributed by atoms with E-state index in [0.29, 0.717) is 35.8 Å². The standard InChI is InChI=1S/C32H32N2O6/c1-3-5-7-17-37-31(35)23-9-13-27(14-10-23)39-29-19-25(21-33)26(22-34)20-30(29)40-28-15-11-24(12-16-28)32(36)38-18-8-6-4-2/h9-16,19-20H,3-8,17-18H2,1-2H3. The molecule has 0 unspecified atom stereocenters. The lowest BCUT2D eigenvalue weighted by Gasteiger charge is -2.14. The van der Waals surface area contributed by atoms with Crippen molar-refractivity contribution in [1.29, 1.82) is 10.5 Å². The molecule has 0 aliphatic rings. The Morgan fingerprint density at radius 1 is 0.625 bits per heavy atom. The molecule has 0 bridgehead atoms. The lowest BCUT2D eigenvalue weighted by atomic mass is 10.1. The topological polar surface area (TPSA) is 119 Å². The maximum Gasteiger partial charge on any atom is 0.338 e. The van der Waals surface area contributed by atoms with Crippen LogP contribution in [0.2, 0.25) is 0 Å². The van der Waals surface area contributed by atoms with E-state index in [-0.39, 0.29) is 22.6 Å². The van der Waals surface area contributed by atoms with Crippen LogP contribution in [0.3, 0.4) is 0 Å². The number of carbonyl (C=O) groups is 2. The lowest BCUT2D eigenvalue weighted by Crippen LogP contribution is -2.06. The predicted octanol–water partition coefficient (Wildman–Crippen LogP) is 7.71. The van der Waals surface area contributed by atoms with Crippen LogP contribution in [-0.2, 0) is 9.47 Å². The third-order valence-corrected chi connectivity index (χ3v) is 5.92. The molecule has 0 spiro atoms. The number of ether oxygens (including phenoxy) is 4. The maximum atomic E-state index is 12.3. The van der Waals surface area contributed by atoms with Crippen molar-refractivity contribution < 1.29 is 28.5 Å². The minimum Gasteiger partial charge on any atom is -0.462 e. The number of nitrogens with zero attached hydrogens (tertiary/aromatic N) is 2. The van der Waals surface area contributed by atoms with Gasteiger partial charge in [-0.2, -0.15) is 10.5 Å². The summed E-state index contributed by atoms with van der Waals surface area (Å²) in [6.45, 7) is 4.90. The van der Waals surface area contributed by atoms with Crippen LogP contribution >= 0.6 is 0 Å². The van der Waals surface area contributed by atoms with E-state index < -0.39 is 11.9 Å². The molecular weight excluding hydrogens is 508 g/mol. The average molecular weight is 541 g/mol. The summed E-state index contributed by atoms with van der Waals surface area (Å²) >= 11 is 0. The average Bonchev–Trinajstić information content (AvgIpc) is 2.98. The van der Waals surface area contributed by atoms with Gasteiger partial charge in [-0.3, -0.25) is 0 Å². The molecule has 0 amide bonds. The number of benzene rings is 3. The molecule has 0 atom stereocenters. The number of hydrogen-bond donors (Lipinski definition) is 0. The molecule has 3 aromatic rings. The van der Waals surface area contributed by atoms with Crippen molar-refractivity contribution in [2.24, 2.45) is 0 Å². The van der Waals surface area contributed by atoms with Crippen molar-refractivity contribution in [3.05, 3.63) is 82.9 Å². The van der Waals surface area contributed by atoms with Crippen molar-refractivity contribution in [2.75, 3.05) is 13.2 Å². The first kappa shape index (κ1) is 29.7. The first-order chi connectivity index (χ1) is 19.5. The van der Waals surface area contributed by atoms with Crippen LogP contribution in [0.1, 0.15) is 84.2 Å². The molecule has 0 aliphatic heterocycles. The first-order valence-corrected chi connectivity index (χ1v) is 13.4. The lowest BCUT2D eigenvalue weighted by molar-refractivity contribution is 0.0489. The quantitative estimate of drug-likeness (QED) is 0.151. The van der Waals surface area contributed by atoms with Gasteiger partial charge >= 0.3 is 11.9 Å². The Labute approximate surface area is 234 Å². The maximum absolute atomic E-state index is 12.3. The summed E-state index contributed by atoms with van der Waals surface area (Å²) in [5, 5.41) is 19.0. The van der Waals surface area contributed by atoms with Gasteiger partial charge in [-0.1, -0.05) is 39.5 Å². The van der Waals surface area contributed by atoms with Crippen LogP contribution in [0.5, 0.6) is 23.0 Å². The highest BCUT2D eigenvalue weighted by Gasteiger charge is 2.16. The van der Waals surface area contributed by atoms with Gasteiger partial charge in [0.15, 0.2) is 11.5 Å².